The van der Waals surface area contributed by atoms with E-state index in [9.17, 15) is 13.2 Å². The number of aromatic nitrogens is 1. The Bertz CT molecular complexity index is 354. The Morgan fingerprint density at radius 3 is 2.79 bits per heavy atom. The molecule has 0 spiro atoms. The summed E-state index contributed by atoms with van der Waals surface area (Å²) < 4.78 is 36.4. The average Bonchev–Trinajstić information content (AvgIpc) is 2.14. The van der Waals surface area contributed by atoms with Crippen LogP contribution in [-0.4, -0.2) is 11.5 Å². The highest BCUT2D eigenvalue weighted by molar-refractivity contribution is 5.44. The minimum atomic E-state index is -4.45. The summed E-state index contributed by atoms with van der Waals surface area (Å²) in [5, 5.41) is 10.7. The van der Waals surface area contributed by atoms with Crippen LogP contribution in [0.15, 0.2) is 18.3 Å². The largest absolute Gasteiger partial charge is 0.433 e. The fourth-order valence-corrected chi connectivity index (χ4v) is 0.837. The van der Waals surface area contributed by atoms with Gasteiger partial charge in [0.05, 0.1) is 6.07 Å². The van der Waals surface area contributed by atoms with Crippen LogP contribution < -0.4 is 5.32 Å². The molecular formula is C8H6F3N3. The minimum absolute atomic E-state index is 0.0404. The van der Waals surface area contributed by atoms with Gasteiger partial charge in [0, 0.05) is 11.9 Å². The third-order valence-electron chi connectivity index (χ3n) is 1.42. The zero-order valence-electron chi connectivity index (χ0n) is 6.97. The van der Waals surface area contributed by atoms with Crippen molar-refractivity contribution in [1.29, 1.82) is 5.26 Å². The van der Waals surface area contributed by atoms with Gasteiger partial charge in [-0.15, -0.1) is 0 Å². The summed E-state index contributed by atoms with van der Waals surface area (Å²) in [6.07, 6.45) is -3.41. The molecule has 1 aromatic heterocycles. The van der Waals surface area contributed by atoms with Gasteiger partial charge >= 0.3 is 6.18 Å². The van der Waals surface area contributed by atoms with E-state index < -0.39 is 11.9 Å². The van der Waals surface area contributed by atoms with E-state index in [1.54, 1.807) is 6.07 Å². The van der Waals surface area contributed by atoms with Gasteiger partial charge in [-0.3, -0.25) is 4.98 Å². The molecule has 0 aromatic carbocycles. The summed E-state index contributed by atoms with van der Waals surface area (Å²) in [5.74, 6) is 0. The molecule has 1 rings (SSSR count). The molecule has 0 aliphatic carbocycles. The van der Waals surface area contributed by atoms with Crippen molar-refractivity contribution < 1.29 is 13.2 Å². The predicted molar refractivity (Wildman–Crippen MR) is 43.3 cm³/mol. The molecule has 0 aliphatic rings. The molecule has 1 heterocycles. The molecule has 0 amide bonds. The Labute approximate surface area is 78.2 Å². The van der Waals surface area contributed by atoms with Gasteiger partial charge in [0.15, 0.2) is 0 Å². The van der Waals surface area contributed by atoms with E-state index in [0.29, 0.717) is 0 Å². The molecule has 0 radical (unpaired) electrons. The van der Waals surface area contributed by atoms with Crippen molar-refractivity contribution in [1.82, 2.24) is 4.98 Å². The SMILES string of the molecule is N#CCNc1ccnc(C(F)(F)F)c1. The van der Waals surface area contributed by atoms with Crippen molar-refractivity contribution in [3.63, 3.8) is 0 Å². The molecule has 1 N–H and O–H groups in total. The van der Waals surface area contributed by atoms with E-state index in [1.807, 2.05) is 0 Å². The maximum Gasteiger partial charge on any atom is 0.433 e. The van der Waals surface area contributed by atoms with Crippen molar-refractivity contribution >= 4 is 5.69 Å². The first-order valence-electron chi connectivity index (χ1n) is 3.68. The molecule has 0 aliphatic heterocycles. The van der Waals surface area contributed by atoms with Gasteiger partial charge in [0.25, 0.3) is 0 Å². The van der Waals surface area contributed by atoms with Crippen molar-refractivity contribution in [2.24, 2.45) is 0 Å². The number of halogens is 3. The second-order valence-corrected chi connectivity index (χ2v) is 2.44. The lowest BCUT2D eigenvalue weighted by Crippen LogP contribution is -2.09. The lowest BCUT2D eigenvalue weighted by molar-refractivity contribution is -0.141. The smallest absolute Gasteiger partial charge is 0.372 e. The highest BCUT2D eigenvalue weighted by atomic mass is 19.4. The molecule has 0 saturated carbocycles. The average molecular weight is 201 g/mol. The van der Waals surface area contributed by atoms with E-state index >= 15 is 0 Å². The maximum atomic E-state index is 12.1. The first-order valence-corrected chi connectivity index (χ1v) is 3.68. The monoisotopic (exact) mass is 201 g/mol. The zero-order valence-corrected chi connectivity index (χ0v) is 6.97. The highest BCUT2D eigenvalue weighted by Gasteiger charge is 2.32. The number of pyridine rings is 1. The fraction of sp³-hybridized carbons (Fsp3) is 0.250. The van der Waals surface area contributed by atoms with Crippen molar-refractivity contribution in [2.75, 3.05) is 11.9 Å². The van der Waals surface area contributed by atoms with E-state index in [2.05, 4.69) is 10.3 Å². The number of anilines is 1. The highest BCUT2D eigenvalue weighted by Crippen LogP contribution is 2.28. The van der Waals surface area contributed by atoms with Crippen LogP contribution in [0.3, 0.4) is 0 Å². The van der Waals surface area contributed by atoms with Crippen LogP contribution >= 0.6 is 0 Å². The second-order valence-electron chi connectivity index (χ2n) is 2.44. The number of hydrogen-bond donors (Lipinski definition) is 1. The summed E-state index contributed by atoms with van der Waals surface area (Å²) in [6.45, 7) is -0.0404. The van der Waals surface area contributed by atoms with Crippen LogP contribution in [0.2, 0.25) is 0 Å². The Morgan fingerprint density at radius 2 is 2.21 bits per heavy atom. The minimum Gasteiger partial charge on any atom is -0.372 e. The first-order chi connectivity index (χ1) is 6.54. The summed E-state index contributed by atoms with van der Waals surface area (Å²) in [7, 11) is 0. The summed E-state index contributed by atoms with van der Waals surface area (Å²) in [5.41, 5.74) is -0.741. The van der Waals surface area contributed by atoms with Crippen LogP contribution in [0.5, 0.6) is 0 Å². The van der Waals surface area contributed by atoms with Gasteiger partial charge in [0.2, 0.25) is 0 Å². The van der Waals surface area contributed by atoms with Crippen LogP contribution in [0, 0.1) is 11.3 Å². The Hall–Kier alpha value is -1.77. The third-order valence-corrected chi connectivity index (χ3v) is 1.42. The van der Waals surface area contributed by atoms with E-state index in [-0.39, 0.29) is 12.2 Å². The lowest BCUT2D eigenvalue weighted by atomic mass is 10.3. The molecule has 0 unspecified atom stereocenters. The molecular weight excluding hydrogens is 195 g/mol. The summed E-state index contributed by atoms with van der Waals surface area (Å²) in [4.78, 5) is 3.17. The van der Waals surface area contributed by atoms with Crippen LogP contribution in [0.1, 0.15) is 5.69 Å². The van der Waals surface area contributed by atoms with Crippen LogP contribution in [0.4, 0.5) is 18.9 Å². The molecule has 6 heteroatoms. The number of rotatable bonds is 2. The van der Waals surface area contributed by atoms with Gasteiger partial charge in [-0.05, 0) is 12.1 Å². The van der Waals surface area contributed by atoms with Crippen LogP contribution in [-0.2, 0) is 6.18 Å². The van der Waals surface area contributed by atoms with Gasteiger partial charge in [-0.1, -0.05) is 0 Å². The molecule has 0 saturated heterocycles. The van der Waals surface area contributed by atoms with Gasteiger partial charge < -0.3 is 5.32 Å². The van der Waals surface area contributed by atoms with Crippen LogP contribution in [0.25, 0.3) is 0 Å². The number of hydrogen-bond acceptors (Lipinski definition) is 3. The number of nitrogens with zero attached hydrogens (tertiary/aromatic N) is 2. The molecule has 0 fully saturated rings. The number of alkyl halides is 3. The lowest BCUT2D eigenvalue weighted by Gasteiger charge is -2.07. The quantitative estimate of drug-likeness (QED) is 0.745. The zero-order chi connectivity index (χ0) is 10.6. The van der Waals surface area contributed by atoms with Gasteiger partial charge in [-0.25, -0.2) is 0 Å². The number of nitrogens with one attached hydrogen (secondary N) is 1. The van der Waals surface area contributed by atoms with Crippen molar-refractivity contribution in [3.8, 4) is 6.07 Å². The number of nitriles is 1. The topological polar surface area (TPSA) is 48.7 Å². The van der Waals surface area contributed by atoms with Crippen molar-refractivity contribution in [2.45, 2.75) is 6.18 Å². The van der Waals surface area contributed by atoms with E-state index in [0.717, 1.165) is 12.3 Å². The standard InChI is InChI=1S/C8H6F3N3/c9-8(10,11)7-5-6(1-3-14-7)13-4-2-12/h1,3,5H,4H2,(H,13,14). The Kier molecular flexibility index (Phi) is 2.92. The van der Waals surface area contributed by atoms with E-state index in [1.165, 1.54) is 6.07 Å². The third kappa shape index (κ3) is 2.62. The molecule has 74 valence electrons. The Balaban J connectivity index is 2.86. The predicted octanol–water partition coefficient (Wildman–Crippen LogP) is 2.04. The normalized spacial score (nSPS) is 10.7. The van der Waals surface area contributed by atoms with Crippen molar-refractivity contribution in [3.05, 3.63) is 24.0 Å². The van der Waals surface area contributed by atoms with Gasteiger partial charge in [-0.2, -0.15) is 18.4 Å². The summed E-state index contributed by atoms with van der Waals surface area (Å²) >= 11 is 0. The fourth-order valence-electron chi connectivity index (χ4n) is 0.837. The first kappa shape index (κ1) is 10.3. The maximum absolute atomic E-state index is 12.1. The molecule has 0 bridgehead atoms. The summed E-state index contributed by atoms with van der Waals surface area (Å²) in [6, 6.07) is 3.99. The molecule has 1 aromatic rings. The second kappa shape index (κ2) is 3.96. The Morgan fingerprint density at radius 1 is 1.50 bits per heavy atom. The molecule has 14 heavy (non-hydrogen) atoms. The molecule has 0 atom stereocenters. The van der Waals surface area contributed by atoms with Gasteiger partial charge in [0.1, 0.15) is 12.2 Å². The van der Waals surface area contributed by atoms with E-state index in [4.69, 9.17) is 5.26 Å². The molecule has 3 nitrogen and oxygen atoms in total.